The second-order valence-corrected chi connectivity index (χ2v) is 6.07. The van der Waals surface area contributed by atoms with Crippen LogP contribution in [0.4, 0.5) is 0 Å². The third kappa shape index (κ3) is 3.38. The fourth-order valence-corrected chi connectivity index (χ4v) is 2.81. The summed E-state index contributed by atoms with van der Waals surface area (Å²) >= 11 is 11.4. The van der Waals surface area contributed by atoms with Gasteiger partial charge in [-0.1, -0.05) is 18.5 Å². The predicted octanol–water partition coefficient (Wildman–Crippen LogP) is 2.52. The zero-order valence-corrected chi connectivity index (χ0v) is 13.9. The molecule has 1 saturated heterocycles. The van der Waals surface area contributed by atoms with Gasteiger partial charge >= 0.3 is 0 Å². The first-order valence-corrected chi connectivity index (χ1v) is 8.08. The number of aromatic nitrogens is 4. The molecular weight excluding hydrogens is 322 g/mol. The van der Waals surface area contributed by atoms with Gasteiger partial charge in [0.2, 0.25) is 4.77 Å². The van der Waals surface area contributed by atoms with Gasteiger partial charge in [0.05, 0.1) is 25.1 Å². The van der Waals surface area contributed by atoms with Crippen molar-refractivity contribution in [1.82, 2.24) is 24.7 Å². The van der Waals surface area contributed by atoms with Crippen LogP contribution in [0.15, 0.2) is 24.3 Å². The SMILES string of the molecule is CCC1CN(Cn2nnn(-c3ccc(Cl)cc3)c2=S)CCO1. The number of ether oxygens (including phenoxy) is 1. The van der Waals surface area contributed by atoms with Crippen molar-refractivity contribution in [1.29, 1.82) is 0 Å². The molecule has 1 unspecified atom stereocenters. The van der Waals surface area contributed by atoms with E-state index >= 15 is 0 Å². The van der Waals surface area contributed by atoms with Gasteiger partial charge in [0, 0.05) is 18.1 Å². The van der Waals surface area contributed by atoms with Gasteiger partial charge in [-0.05, 0) is 53.3 Å². The van der Waals surface area contributed by atoms with E-state index in [9.17, 15) is 0 Å². The quantitative estimate of drug-likeness (QED) is 0.801. The summed E-state index contributed by atoms with van der Waals surface area (Å²) in [5.41, 5.74) is 0.856. The molecule has 1 aliphatic rings. The van der Waals surface area contributed by atoms with Gasteiger partial charge in [-0.2, -0.15) is 4.68 Å². The van der Waals surface area contributed by atoms with Gasteiger partial charge in [-0.3, -0.25) is 4.90 Å². The van der Waals surface area contributed by atoms with Crippen LogP contribution in [0.25, 0.3) is 5.69 Å². The molecule has 2 aromatic rings. The minimum atomic E-state index is 0.286. The van der Waals surface area contributed by atoms with E-state index in [1.807, 2.05) is 24.3 Å². The molecule has 22 heavy (non-hydrogen) atoms. The van der Waals surface area contributed by atoms with Crippen LogP contribution in [0.1, 0.15) is 13.3 Å². The van der Waals surface area contributed by atoms with Crippen molar-refractivity contribution in [2.24, 2.45) is 0 Å². The van der Waals surface area contributed by atoms with Gasteiger partial charge in [0.1, 0.15) is 0 Å². The molecule has 0 N–H and O–H groups in total. The van der Waals surface area contributed by atoms with Gasteiger partial charge in [-0.25, -0.2) is 4.68 Å². The lowest BCUT2D eigenvalue weighted by atomic mass is 10.2. The predicted molar refractivity (Wildman–Crippen MR) is 86.8 cm³/mol. The average molecular weight is 340 g/mol. The molecule has 1 aromatic heterocycles. The van der Waals surface area contributed by atoms with Crippen LogP contribution in [0.5, 0.6) is 0 Å². The molecule has 0 bridgehead atoms. The first-order chi connectivity index (χ1) is 10.7. The van der Waals surface area contributed by atoms with Gasteiger partial charge in [0.15, 0.2) is 0 Å². The molecule has 1 fully saturated rings. The lowest BCUT2D eigenvalue weighted by molar-refractivity contribution is -0.0414. The van der Waals surface area contributed by atoms with E-state index < -0.39 is 0 Å². The summed E-state index contributed by atoms with van der Waals surface area (Å²) in [6.07, 6.45) is 1.30. The Hall–Kier alpha value is -1.28. The zero-order valence-electron chi connectivity index (χ0n) is 12.4. The molecule has 118 valence electrons. The summed E-state index contributed by atoms with van der Waals surface area (Å²) in [4.78, 5) is 2.29. The largest absolute Gasteiger partial charge is 0.376 e. The van der Waals surface area contributed by atoms with Crippen LogP contribution in [-0.4, -0.2) is 50.5 Å². The molecule has 0 radical (unpaired) electrons. The van der Waals surface area contributed by atoms with E-state index in [4.69, 9.17) is 28.6 Å². The number of hydrogen-bond donors (Lipinski definition) is 0. The summed E-state index contributed by atoms with van der Waals surface area (Å²) < 4.78 is 9.63. The summed E-state index contributed by atoms with van der Waals surface area (Å²) in [6, 6.07) is 7.37. The number of morpholine rings is 1. The fraction of sp³-hybridized carbons (Fsp3) is 0.500. The summed E-state index contributed by atoms with van der Waals surface area (Å²) in [7, 11) is 0. The Morgan fingerprint density at radius 3 is 2.82 bits per heavy atom. The van der Waals surface area contributed by atoms with Crippen LogP contribution < -0.4 is 0 Å². The number of rotatable bonds is 4. The Balaban J connectivity index is 1.76. The van der Waals surface area contributed by atoms with E-state index in [1.165, 1.54) is 0 Å². The lowest BCUT2D eigenvalue weighted by Gasteiger charge is -2.31. The first-order valence-electron chi connectivity index (χ1n) is 7.30. The molecule has 1 aromatic carbocycles. The molecular formula is C14H18ClN5OS. The molecule has 0 saturated carbocycles. The maximum absolute atomic E-state index is 5.91. The third-order valence-electron chi connectivity index (χ3n) is 3.72. The topological polar surface area (TPSA) is 48.1 Å². The van der Waals surface area contributed by atoms with Crippen molar-refractivity contribution < 1.29 is 4.74 Å². The zero-order chi connectivity index (χ0) is 15.5. The average Bonchev–Trinajstić information content (AvgIpc) is 2.89. The van der Waals surface area contributed by atoms with Crippen molar-refractivity contribution >= 4 is 23.8 Å². The minimum absolute atomic E-state index is 0.286. The highest BCUT2D eigenvalue weighted by Crippen LogP contribution is 2.13. The Morgan fingerprint density at radius 1 is 1.32 bits per heavy atom. The highest BCUT2D eigenvalue weighted by molar-refractivity contribution is 7.71. The van der Waals surface area contributed by atoms with Gasteiger partial charge < -0.3 is 4.74 Å². The van der Waals surface area contributed by atoms with E-state index in [0.717, 1.165) is 31.8 Å². The van der Waals surface area contributed by atoms with Crippen molar-refractivity contribution in [2.45, 2.75) is 26.1 Å². The number of halogens is 1. The molecule has 1 atom stereocenters. The summed E-state index contributed by atoms with van der Waals surface area (Å²) in [6.45, 7) is 5.29. The van der Waals surface area contributed by atoms with Crippen LogP contribution >= 0.6 is 23.8 Å². The van der Waals surface area contributed by atoms with Crippen LogP contribution in [0.3, 0.4) is 0 Å². The van der Waals surface area contributed by atoms with Crippen LogP contribution in [0, 0.1) is 4.77 Å². The minimum Gasteiger partial charge on any atom is -0.376 e. The Labute approximate surface area is 139 Å². The molecule has 0 spiro atoms. The highest BCUT2D eigenvalue weighted by atomic mass is 35.5. The standard InChI is InChI=1S/C14H18ClN5OS/c1-2-13-9-18(7-8-21-13)10-19-14(22)20(17-16-19)12-5-3-11(15)4-6-12/h3-6,13H,2,7-10H2,1H3. The third-order valence-corrected chi connectivity index (χ3v) is 4.36. The number of hydrogen-bond acceptors (Lipinski definition) is 5. The number of tetrazole rings is 1. The second-order valence-electron chi connectivity index (χ2n) is 5.27. The Bertz CT molecular complexity index is 683. The van der Waals surface area contributed by atoms with Crippen LogP contribution in [0.2, 0.25) is 5.02 Å². The smallest absolute Gasteiger partial charge is 0.221 e. The van der Waals surface area contributed by atoms with Crippen molar-refractivity contribution in [3.63, 3.8) is 0 Å². The van der Waals surface area contributed by atoms with E-state index in [1.54, 1.807) is 9.36 Å². The molecule has 0 amide bonds. The monoisotopic (exact) mass is 339 g/mol. The van der Waals surface area contributed by atoms with E-state index in [-0.39, 0.29) is 6.10 Å². The Morgan fingerprint density at radius 2 is 2.09 bits per heavy atom. The van der Waals surface area contributed by atoms with Gasteiger partial charge in [0.25, 0.3) is 0 Å². The van der Waals surface area contributed by atoms with Crippen LogP contribution in [-0.2, 0) is 11.4 Å². The Kier molecular flexibility index (Phi) is 4.87. The van der Waals surface area contributed by atoms with E-state index in [0.29, 0.717) is 16.5 Å². The molecule has 3 rings (SSSR count). The molecule has 1 aliphatic heterocycles. The highest BCUT2D eigenvalue weighted by Gasteiger charge is 2.20. The maximum Gasteiger partial charge on any atom is 0.221 e. The lowest BCUT2D eigenvalue weighted by Crippen LogP contribution is -2.43. The molecule has 8 heteroatoms. The van der Waals surface area contributed by atoms with Crippen molar-refractivity contribution in [3.05, 3.63) is 34.1 Å². The number of benzene rings is 1. The normalized spacial score (nSPS) is 19.5. The summed E-state index contributed by atoms with van der Waals surface area (Å²) in [5, 5.41) is 9.00. The van der Waals surface area contributed by atoms with Crippen molar-refractivity contribution in [2.75, 3.05) is 19.7 Å². The van der Waals surface area contributed by atoms with E-state index in [2.05, 4.69) is 22.3 Å². The summed E-state index contributed by atoms with van der Waals surface area (Å²) in [5.74, 6) is 0. The molecule has 0 aliphatic carbocycles. The molecule has 6 nitrogen and oxygen atoms in total. The maximum atomic E-state index is 5.91. The molecule has 2 heterocycles. The van der Waals surface area contributed by atoms with Crippen molar-refractivity contribution in [3.8, 4) is 5.69 Å². The second kappa shape index (κ2) is 6.87. The van der Waals surface area contributed by atoms with Gasteiger partial charge in [-0.15, -0.1) is 0 Å². The first kappa shape index (κ1) is 15.6. The fourth-order valence-electron chi connectivity index (χ4n) is 2.45. The number of nitrogens with zero attached hydrogens (tertiary/aromatic N) is 5.